The number of hydrogen-bond donors (Lipinski definition) is 0. The van der Waals surface area contributed by atoms with Crippen molar-refractivity contribution in [1.29, 1.82) is 0 Å². The number of fused-ring (bicyclic) bond motifs is 1. The highest BCUT2D eigenvalue weighted by molar-refractivity contribution is 7.99. The minimum absolute atomic E-state index is 0.0245. The Labute approximate surface area is 219 Å². The molecule has 1 unspecified atom stereocenters. The van der Waals surface area contributed by atoms with Gasteiger partial charge in [-0.15, -0.1) is 11.8 Å². The number of halogens is 3. The molecule has 1 aliphatic rings. The molecule has 0 fully saturated rings. The molecule has 1 aliphatic heterocycles. The summed E-state index contributed by atoms with van der Waals surface area (Å²) in [5.41, 5.74) is 5.73. The smallest absolute Gasteiger partial charge is 0.359 e. The van der Waals surface area contributed by atoms with Crippen LogP contribution in [0.15, 0.2) is 108 Å². The maximum absolute atomic E-state index is 13.6. The fraction of sp³-hybridized carbons (Fsp3) is 0.194. The monoisotopic (exact) mass is 516 g/mol. The van der Waals surface area contributed by atoms with Gasteiger partial charge < -0.3 is 4.90 Å². The standard InChI is InChI=1S/C31H27F3N2S/c1-2-36-29-19-25(31(32,33)34)15-18-27(29)28(20-30(36)37-21-22-9-5-3-6-10-22)35-26-16-13-24(14-17-26)23-11-7-4-8-12-23/h3-19,30H,2,20-21H2,1H3. The Hall–Kier alpha value is -3.51. The lowest BCUT2D eigenvalue weighted by atomic mass is 9.96. The lowest BCUT2D eigenvalue weighted by Crippen LogP contribution is -2.40. The largest absolute Gasteiger partial charge is 0.416 e. The van der Waals surface area contributed by atoms with E-state index in [1.165, 1.54) is 11.6 Å². The summed E-state index contributed by atoms with van der Waals surface area (Å²) in [5.74, 6) is 0.773. The number of thioether (sulfide) groups is 1. The summed E-state index contributed by atoms with van der Waals surface area (Å²) < 4.78 is 40.9. The zero-order valence-electron chi connectivity index (χ0n) is 20.5. The summed E-state index contributed by atoms with van der Waals surface area (Å²) in [5, 5.41) is -0.0245. The number of aliphatic imine (C=N–C) groups is 1. The van der Waals surface area contributed by atoms with Crippen LogP contribution in [0.3, 0.4) is 0 Å². The van der Waals surface area contributed by atoms with Crippen LogP contribution in [0.4, 0.5) is 24.5 Å². The van der Waals surface area contributed by atoms with Crippen molar-refractivity contribution in [1.82, 2.24) is 0 Å². The Morgan fingerprint density at radius 3 is 2.14 bits per heavy atom. The SMILES string of the molecule is CCN1c2cc(C(F)(F)F)ccc2C(=Nc2ccc(-c3ccccc3)cc2)CC1SCc1ccccc1. The van der Waals surface area contributed by atoms with Gasteiger partial charge in [0.1, 0.15) is 0 Å². The van der Waals surface area contributed by atoms with Gasteiger partial charge >= 0.3 is 6.18 Å². The summed E-state index contributed by atoms with van der Waals surface area (Å²) >= 11 is 1.74. The van der Waals surface area contributed by atoms with Crippen molar-refractivity contribution >= 4 is 28.8 Å². The zero-order valence-corrected chi connectivity index (χ0v) is 21.3. The lowest BCUT2D eigenvalue weighted by molar-refractivity contribution is -0.137. The second-order valence-electron chi connectivity index (χ2n) is 8.94. The van der Waals surface area contributed by atoms with Crippen LogP contribution < -0.4 is 4.90 Å². The molecule has 6 heteroatoms. The van der Waals surface area contributed by atoms with Crippen molar-refractivity contribution < 1.29 is 13.2 Å². The maximum atomic E-state index is 13.6. The van der Waals surface area contributed by atoms with Crippen molar-refractivity contribution in [2.45, 2.75) is 30.6 Å². The first-order valence-corrected chi connectivity index (χ1v) is 13.3. The average Bonchev–Trinajstić information content (AvgIpc) is 2.92. The highest BCUT2D eigenvalue weighted by Gasteiger charge is 2.35. The molecule has 1 atom stereocenters. The Bertz CT molecular complexity index is 1370. The summed E-state index contributed by atoms with van der Waals surface area (Å²) in [4.78, 5) is 7.03. The topological polar surface area (TPSA) is 15.6 Å². The molecule has 0 radical (unpaired) electrons. The molecule has 0 saturated heterocycles. The molecule has 1 heterocycles. The van der Waals surface area contributed by atoms with Crippen molar-refractivity contribution in [3.05, 3.63) is 120 Å². The first-order valence-electron chi connectivity index (χ1n) is 12.3. The van der Waals surface area contributed by atoms with Crippen LogP contribution in [0.5, 0.6) is 0 Å². The van der Waals surface area contributed by atoms with Gasteiger partial charge in [0.05, 0.1) is 22.3 Å². The van der Waals surface area contributed by atoms with E-state index in [4.69, 9.17) is 4.99 Å². The average molecular weight is 517 g/mol. The number of rotatable bonds is 6. The van der Waals surface area contributed by atoms with Crippen LogP contribution >= 0.6 is 11.8 Å². The third-order valence-corrected chi connectivity index (χ3v) is 7.83. The second kappa shape index (κ2) is 10.9. The molecular weight excluding hydrogens is 489 g/mol. The second-order valence-corrected chi connectivity index (χ2v) is 10.1. The first kappa shape index (κ1) is 25.2. The van der Waals surface area contributed by atoms with Gasteiger partial charge in [-0.3, -0.25) is 4.99 Å². The van der Waals surface area contributed by atoms with E-state index in [9.17, 15) is 13.2 Å². The van der Waals surface area contributed by atoms with Crippen molar-refractivity contribution in [2.24, 2.45) is 4.99 Å². The minimum Gasteiger partial charge on any atom is -0.359 e. The van der Waals surface area contributed by atoms with Gasteiger partial charge in [-0.05, 0) is 47.9 Å². The molecule has 2 nitrogen and oxygen atoms in total. The fourth-order valence-corrected chi connectivity index (χ4v) is 5.94. The predicted molar refractivity (Wildman–Crippen MR) is 149 cm³/mol. The van der Waals surface area contributed by atoms with E-state index < -0.39 is 11.7 Å². The van der Waals surface area contributed by atoms with Crippen LogP contribution in [-0.4, -0.2) is 17.6 Å². The van der Waals surface area contributed by atoms with Gasteiger partial charge in [-0.2, -0.15) is 13.2 Å². The molecule has 0 N–H and O–H groups in total. The molecule has 0 spiro atoms. The van der Waals surface area contributed by atoms with Gasteiger partial charge in [0, 0.05) is 30.0 Å². The zero-order chi connectivity index (χ0) is 25.8. The van der Waals surface area contributed by atoms with E-state index in [1.807, 2.05) is 67.6 Å². The van der Waals surface area contributed by atoms with Crippen molar-refractivity contribution in [3.8, 4) is 11.1 Å². The van der Waals surface area contributed by atoms with Gasteiger partial charge in [0.25, 0.3) is 0 Å². The number of benzene rings is 4. The van der Waals surface area contributed by atoms with Gasteiger partial charge in [-0.1, -0.05) is 78.9 Å². The van der Waals surface area contributed by atoms with Crippen molar-refractivity contribution in [3.63, 3.8) is 0 Å². The molecule has 188 valence electrons. The molecule has 0 amide bonds. The number of alkyl halides is 3. The van der Waals surface area contributed by atoms with Gasteiger partial charge in [0.15, 0.2) is 0 Å². The Morgan fingerprint density at radius 2 is 1.49 bits per heavy atom. The Morgan fingerprint density at radius 1 is 0.838 bits per heavy atom. The van der Waals surface area contributed by atoms with E-state index in [1.54, 1.807) is 17.8 Å². The third-order valence-electron chi connectivity index (χ3n) is 6.53. The van der Waals surface area contributed by atoms with Gasteiger partial charge in [-0.25, -0.2) is 0 Å². The van der Waals surface area contributed by atoms with Crippen LogP contribution in [-0.2, 0) is 11.9 Å². The number of hydrogen-bond acceptors (Lipinski definition) is 3. The lowest BCUT2D eigenvalue weighted by Gasteiger charge is -2.39. The molecular formula is C31H27F3N2S. The highest BCUT2D eigenvalue weighted by Crippen LogP contribution is 2.41. The fourth-order valence-electron chi connectivity index (χ4n) is 4.64. The molecule has 4 aromatic rings. The summed E-state index contributed by atoms with van der Waals surface area (Å²) in [6, 6.07) is 32.3. The molecule has 0 aliphatic carbocycles. The summed E-state index contributed by atoms with van der Waals surface area (Å²) in [6.45, 7) is 2.60. The van der Waals surface area contributed by atoms with E-state index in [0.29, 0.717) is 18.7 Å². The van der Waals surface area contributed by atoms with Crippen LogP contribution in [0.25, 0.3) is 11.1 Å². The van der Waals surface area contributed by atoms with Crippen LogP contribution in [0.2, 0.25) is 0 Å². The van der Waals surface area contributed by atoms with Gasteiger partial charge in [0.2, 0.25) is 0 Å². The number of anilines is 1. The molecule has 0 saturated carbocycles. The quantitative estimate of drug-likeness (QED) is 0.254. The van der Waals surface area contributed by atoms with E-state index >= 15 is 0 Å². The minimum atomic E-state index is -4.40. The molecule has 37 heavy (non-hydrogen) atoms. The maximum Gasteiger partial charge on any atom is 0.416 e. The Balaban J connectivity index is 1.50. The first-order chi connectivity index (χ1) is 17.9. The molecule has 5 rings (SSSR count). The number of nitrogens with zero attached hydrogens (tertiary/aromatic N) is 2. The molecule has 0 aromatic heterocycles. The molecule has 4 aromatic carbocycles. The highest BCUT2D eigenvalue weighted by atomic mass is 32.2. The normalized spacial score (nSPS) is 16.6. The third kappa shape index (κ3) is 5.75. The van der Waals surface area contributed by atoms with Crippen molar-refractivity contribution in [2.75, 3.05) is 11.4 Å². The summed E-state index contributed by atoms with van der Waals surface area (Å²) in [7, 11) is 0. The van der Waals surface area contributed by atoms with E-state index in [-0.39, 0.29) is 5.37 Å². The van der Waals surface area contributed by atoms with Crippen LogP contribution in [0.1, 0.15) is 30.0 Å². The van der Waals surface area contributed by atoms with E-state index in [2.05, 4.69) is 29.2 Å². The predicted octanol–water partition coefficient (Wildman–Crippen LogP) is 8.98. The molecule has 0 bridgehead atoms. The summed E-state index contributed by atoms with van der Waals surface area (Å²) in [6.07, 6.45) is -3.76. The van der Waals surface area contributed by atoms with E-state index in [0.717, 1.165) is 39.9 Å². The Kier molecular flexibility index (Phi) is 7.38. The van der Waals surface area contributed by atoms with Crippen LogP contribution in [0, 0.1) is 0 Å².